The smallest absolute Gasteiger partial charge is 0.147 e. The van der Waals surface area contributed by atoms with E-state index in [1.54, 1.807) is 6.20 Å². The summed E-state index contributed by atoms with van der Waals surface area (Å²) < 4.78 is 0. The van der Waals surface area contributed by atoms with Gasteiger partial charge in [-0.1, -0.05) is 0 Å². The highest BCUT2D eigenvalue weighted by Gasteiger charge is 2.08. The maximum absolute atomic E-state index is 7.95. The van der Waals surface area contributed by atoms with E-state index in [0.717, 1.165) is 24.3 Å². The van der Waals surface area contributed by atoms with Crippen LogP contribution in [0.3, 0.4) is 0 Å². The fourth-order valence-electron chi connectivity index (χ4n) is 1.37. The second-order valence-electron chi connectivity index (χ2n) is 3.24. The molecule has 14 heavy (non-hydrogen) atoms. The van der Waals surface area contributed by atoms with Crippen LogP contribution in [0, 0.1) is 12.3 Å². The van der Waals surface area contributed by atoms with Crippen LogP contribution < -0.4 is 0 Å². The quantitative estimate of drug-likeness (QED) is 0.586. The number of amidine groups is 1. The Balaban J connectivity index is 2.88. The van der Waals surface area contributed by atoms with Crippen molar-refractivity contribution in [3.63, 3.8) is 0 Å². The summed E-state index contributed by atoms with van der Waals surface area (Å²) in [5.41, 5.74) is 1.90. The lowest BCUT2D eigenvalue weighted by Crippen LogP contribution is -2.31. The predicted molar refractivity (Wildman–Crippen MR) is 58.7 cm³/mol. The molecule has 0 aliphatic carbocycles. The highest BCUT2D eigenvalue weighted by Crippen LogP contribution is 2.04. The molecule has 0 bridgehead atoms. The van der Waals surface area contributed by atoms with Crippen LogP contribution in [-0.2, 0) is 0 Å². The average molecular weight is 191 g/mol. The standard InChI is InChI=1S/C11H17N3/c1-4-14(5-2)11(12)10-8-9(3)6-7-13-10/h6-8,12H,4-5H2,1-3H3. The zero-order valence-electron chi connectivity index (χ0n) is 9.04. The van der Waals surface area contributed by atoms with Crippen LogP contribution in [0.25, 0.3) is 0 Å². The Morgan fingerprint density at radius 1 is 1.43 bits per heavy atom. The van der Waals surface area contributed by atoms with Gasteiger partial charge in [-0.05, 0) is 38.5 Å². The van der Waals surface area contributed by atoms with Crippen LogP contribution in [0.15, 0.2) is 18.3 Å². The van der Waals surface area contributed by atoms with Crippen molar-refractivity contribution in [2.24, 2.45) is 0 Å². The number of aryl methyl sites for hydroxylation is 1. The number of hydrogen-bond acceptors (Lipinski definition) is 2. The summed E-state index contributed by atoms with van der Waals surface area (Å²) in [5, 5.41) is 7.95. The van der Waals surface area contributed by atoms with Crippen LogP contribution in [-0.4, -0.2) is 28.8 Å². The molecule has 0 saturated carbocycles. The van der Waals surface area contributed by atoms with Crippen LogP contribution in [0.5, 0.6) is 0 Å². The van der Waals surface area contributed by atoms with Gasteiger partial charge in [-0.2, -0.15) is 0 Å². The minimum Gasteiger partial charge on any atom is -0.356 e. The van der Waals surface area contributed by atoms with Crippen LogP contribution in [0.1, 0.15) is 25.1 Å². The number of aromatic nitrogens is 1. The third-order valence-corrected chi connectivity index (χ3v) is 2.24. The summed E-state index contributed by atoms with van der Waals surface area (Å²) in [5.74, 6) is 0.513. The highest BCUT2D eigenvalue weighted by molar-refractivity contribution is 5.94. The molecule has 0 amide bonds. The molecule has 0 radical (unpaired) electrons. The topological polar surface area (TPSA) is 40.0 Å². The minimum absolute atomic E-state index is 0.513. The van der Waals surface area contributed by atoms with E-state index in [0.29, 0.717) is 5.84 Å². The fourth-order valence-corrected chi connectivity index (χ4v) is 1.37. The molecule has 1 aromatic heterocycles. The Morgan fingerprint density at radius 2 is 2.07 bits per heavy atom. The molecular weight excluding hydrogens is 174 g/mol. The van der Waals surface area contributed by atoms with Gasteiger partial charge in [-0.25, -0.2) is 0 Å². The van der Waals surface area contributed by atoms with Crippen molar-refractivity contribution in [2.75, 3.05) is 13.1 Å². The van der Waals surface area contributed by atoms with Gasteiger partial charge in [0.2, 0.25) is 0 Å². The van der Waals surface area contributed by atoms with Crippen LogP contribution >= 0.6 is 0 Å². The maximum atomic E-state index is 7.95. The third-order valence-electron chi connectivity index (χ3n) is 2.24. The largest absolute Gasteiger partial charge is 0.356 e. The second-order valence-corrected chi connectivity index (χ2v) is 3.24. The van der Waals surface area contributed by atoms with Crippen molar-refractivity contribution in [2.45, 2.75) is 20.8 Å². The lowest BCUT2D eigenvalue weighted by molar-refractivity contribution is 0.462. The van der Waals surface area contributed by atoms with Gasteiger partial charge in [-0.3, -0.25) is 10.4 Å². The zero-order chi connectivity index (χ0) is 10.6. The predicted octanol–water partition coefficient (Wildman–Crippen LogP) is 2.06. The van der Waals surface area contributed by atoms with Gasteiger partial charge in [-0.15, -0.1) is 0 Å². The molecule has 1 N–H and O–H groups in total. The van der Waals surface area contributed by atoms with E-state index < -0.39 is 0 Å². The SMILES string of the molecule is CCN(CC)C(=N)c1cc(C)ccn1. The second kappa shape index (κ2) is 4.74. The molecule has 0 aromatic carbocycles. The van der Waals surface area contributed by atoms with Gasteiger partial charge in [0.15, 0.2) is 0 Å². The fraction of sp³-hybridized carbons (Fsp3) is 0.455. The summed E-state index contributed by atoms with van der Waals surface area (Å²) in [6.07, 6.45) is 1.75. The lowest BCUT2D eigenvalue weighted by atomic mass is 10.2. The summed E-state index contributed by atoms with van der Waals surface area (Å²) in [7, 11) is 0. The van der Waals surface area contributed by atoms with E-state index >= 15 is 0 Å². The Kier molecular flexibility index (Phi) is 3.63. The molecule has 3 nitrogen and oxygen atoms in total. The molecule has 0 atom stereocenters. The molecule has 0 spiro atoms. The first kappa shape index (κ1) is 10.7. The molecule has 0 unspecified atom stereocenters. The van der Waals surface area contributed by atoms with Crippen LogP contribution in [0.4, 0.5) is 0 Å². The van der Waals surface area contributed by atoms with Gasteiger partial charge >= 0.3 is 0 Å². The minimum atomic E-state index is 0.513. The molecule has 1 rings (SSSR count). The molecule has 76 valence electrons. The number of nitrogens with zero attached hydrogens (tertiary/aromatic N) is 2. The number of rotatable bonds is 3. The van der Waals surface area contributed by atoms with Gasteiger partial charge in [0.1, 0.15) is 11.5 Å². The Labute approximate surface area is 85.3 Å². The molecule has 0 aliphatic rings. The van der Waals surface area contributed by atoms with E-state index in [9.17, 15) is 0 Å². The number of pyridine rings is 1. The zero-order valence-corrected chi connectivity index (χ0v) is 9.04. The summed E-state index contributed by atoms with van der Waals surface area (Å²) in [6, 6.07) is 3.89. The first-order valence-electron chi connectivity index (χ1n) is 4.95. The number of nitrogens with one attached hydrogen (secondary N) is 1. The molecule has 0 fully saturated rings. The maximum Gasteiger partial charge on any atom is 0.147 e. The molecule has 0 saturated heterocycles. The van der Waals surface area contributed by atoms with Gasteiger partial charge < -0.3 is 4.90 Å². The molecule has 0 aliphatic heterocycles. The van der Waals surface area contributed by atoms with Crippen molar-refractivity contribution in [3.8, 4) is 0 Å². The van der Waals surface area contributed by atoms with Crippen molar-refractivity contribution in [1.29, 1.82) is 5.41 Å². The van der Waals surface area contributed by atoms with Gasteiger partial charge in [0.25, 0.3) is 0 Å². The lowest BCUT2D eigenvalue weighted by Gasteiger charge is -2.20. The Morgan fingerprint density at radius 3 is 2.57 bits per heavy atom. The van der Waals surface area contributed by atoms with E-state index in [4.69, 9.17) is 5.41 Å². The molecular formula is C11H17N3. The van der Waals surface area contributed by atoms with E-state index in [2.05, 4.69) is 4.98 Å². The monoisotopic (exact) mass is 191 g/mol. The van der Waals surface area contributed by atoms with Gasteiger partial charge in [0.05, 0.1) is 0 Å². The van der Waals surface area contributed by atoms with E-state index in [1.807, 2.05) is 37.8 Å². The van der Waals surface area contributed by atoms with Crippen molar-refractivity contribution < 1.29 is 0 Å². The van der Waals surface area contributed by atoms with Crippen molar-refractivity contribution in [3.05, 3.63) is 29.6 Å². The molecule has 1 aromatic rings. The van der Waals surface area contributed by atoms with E-state index in [-0.39, 0.29) is 0 Å². The summed E-state index contributed by atoms with van der Waals surface area (Å²) in [6.45, 7) is 7.82. The molecule has 3 heteroatoms. The first-order valence-corrected chi connectivity index (χ1v) is 4.95. The van der Waals surface area contributed by atoms with Gasteiger partial charge in [0, 0.05) is 19.3 Å². The Bertz CT molecular complexity index is 316. The van der Waals surface area contributed by atoms with Crippen molar-refractivity contribution in [1.82, 2.24) is 9.88 Å². The first-order chi connectivity index (χ1) is 6.69. The number of hydrogen-bond donors (Lipinski definition) is 1. The average Bonchev–Trinajstić information content (AvgIpc) is 2.19. The van der Waals surface area contributed by atoms with Crippen LogP contribution in [0.2, 0.25) is 0 Å². The summed E-state index contributed by atoms with van der Waals surface area (Å²) in [4.78, 5) is 6.18. The summed E-state index contributed by atoms with van der Waals surface area (Å²) >= 11 is 0. The van der Waals surface area contributed by atoms with Crippen molar-refractivity contribution >= 4 is 5.84 Å². The highest BCUT2D eigenvalue weighted by atomic mass is 15.2. The third kappa shape index (κ3) is 2.31. The Hall–Kier alpha value is -1.38. The normalized spacial score (nSPS) is 9.93. The molecule has 1 heterocycles. The van der Waals surface area contributed by atoms with E-state index in [1.165, 1.54) is 0 Å².